The van der Waals surface area contributed by atoms with Gasteiger partial charge in [0.25, 0.3) is 0 Å². The highest BCUT2D eigenvalue weighted by Crippen LogP contribution is 2.12. The molecular formula is C16H30IN7S. The van der Waals surface area contributed by atoms with E-state index in [-0.39, 0.29) is 24.0 Å². The molecule has 25 heavy (non-hydrogen) atoms. The second-order valence-electron chi connectivity index (χ2n) is 6.35. The van der Waals surface area contributed by atoms with Crippen LogP contribution in [0.25, 0.3) is 0 Å². The molecule has 0 radical (unpaired) electrons. The highest BCUT2D eigenvalue weighted by molar-refractivity contribution is 14.0. The van der Waals surface area contributed by atoms with Gasteiger partial charge in [0.2, 0.25) is 0 Å². The highest BCUT2D eigenvalue weighted by atomic mass is 127. The molecule has 3 heterocycles. The first kappa shape index (κ1) is 20.8. The normalized spacial score (nSPS) is 21.4. The van der Waals surface area contributed by atoms with E-state index in [1.54, 1.807) is 0 Å². The number of aryl methyl sites for hydroxylation is 2. The Balaban J connectivity index is 0.00000225. The zero-order valence-electron chi connectivity index (χ0n) is 15.2. The molecule has 0 amide bonds. The lowest BCUT2D eigenvalue weighted by molar-refractivity contribution is 0.311. The van der Waals surface area contributed by atoms with Crippen molar-refractivity contribution in [1.82, 2.24) is 30.3 Å². The number of aliphatic imine (C=N–C) groups is 1. The van der Waals surface area contributed by atoms with Crippen LogP contribution in [0.2, 0.25) is 0 Å². The van der Waals surface area contributed by atoms with Gasteiger partial charge in [0.15, 0.2) is 5.96 Å². The zero-order valence-corrected chi connectivity index (χ0v) is 18.3. The number of hydrogen-bond acceptors (Lipinski definition) is 5. The molecule has 0 aromatic carbocycles. The number of fused-ring (bicyclic) bond motifs is 1. The number of halogens is 1. The maximum atomic E-state index is 4.76. The average Bonchev–Trinajstić information content (AvgIpc) is 2.95. The molecule has 1 atom stereocenters. The van der Waals surface area contributed by atoms with Gasteiger partial charge in [-0.2, -0.15) is 16.9 Å². The summed E-state index contributed by atoms with van der Waals surface area (Å²) in [6.45, 7) is 10.1. The maximum absolute atomic E-state index is 4.76. The summed E-state index contributed by atoms with van der Waals surface area (Å²) < 4.78 is 2.03. The maximum Gasteiger partial charge on any atom is 0.191 e. The van der Waals surface area contributed by atoms with Crippen molar-refractivity contribution >= 4 is 41.7 Å². The second-order valence-corrected chi connectivity index (χ2v) is 7.58. The topological polar surface area (TPSA) is 70.4 Å². The molecule has 1 aromatic heterocycles. The van der Waals surface area contributed by atoms with Gasteiger partial charge in [-0.15, -0.1) is 24.0 Å². The minimum Gasteiger partial charge on any atom is -0.357 e. The number of guanidine groups is 1. The lowest BCUT2D eigenvalue weighted by Gasteiger charge is -2.26. The van der Waals surface area contributed by atoms with Gasteiger partial charge in [-0.1, -0.05) is 0 Å². The van der Waals surface area contributed by atoms with Crippen LogP contribution in [0.5, 0.6) is 0 Å². The monoisotopic (exact) mass is 479 g/mol. The average molecular weight is 479 g/mol. The minimum absolute atomic E-state index is 0. The SMILES string of the molecule is CCNC(=NCCN1CCSCC1)NC1CCc2nc(C)nn2C1.I. The Kier molecular flexibility index (Phi) is 8.77. The van der Waals surface area contributed by atoms with Crippen LogP contribution in [0.15, 0.2) is 4.99 Å². The lowest BCUT2D eigenvalue weighted by atomic mass is 10.1. The second kappa shape index (κ2) is 10.6. The van der Waals surface area contributed by atoms with E-state index in [0.29, 0.717) is 6.04 Å². The van der Waals surface area contributed by atoms with Crippen molar-refractivity contribution in [1.29, 1.82) is 0 Å². The summed E-state index contributed by atoms with van der Waals surface area (Å²) in [5, 5.41) is 11.4. The van der Waals surface area contributed by atoms with Gasteiger partial charge in [-0.3, -0.25) is 9.89 Å². The number of hydrogen-bond donors (Lipinski definition) is 2. The van der Waals surface area contributed by atoms with Crippen molar-refractivity contribution in [3.05, 3.63) is 11.6 Å². The third-order valence-electron chi connectivity index (χ3n) is 4.44. The van der Waals surface area contributed by atoms with Crippen LogP contribution < -0.4 is 10.6 Å². The van der Waals surface area contributed by atoms with Gasteiger partial charge in [0.1, 0.15) is 11.6 Å². The fourth-order valence-electron chi connectivity index (χ4n) is 3.19. The largest absolute Gasteiger partial charge is 0.357 e. The van der Waals surface area contributed by atoms with E-state index in [1.807, 2.05) is 11.6 Å². The van der Waals surface area contributed by atoms with E-state index in [1.165, 1.54) is 24.6 Å². The standard InChI is InChI=1S/C16H29N7S.HI/c1-3-17-16(18-6-7-22-8-10-24-11-9-22)20-14-4-5-15-19-13(2)21-23(15)12-14;/h14H,3-12H2,1-2H3,(H2,17,18,20);1H. The minimum atomic E-state index is 0. The fourth-order valence-corrected chi connectivity index (χ4v) is 4.17. The third kappa shape index (κ3) is 6.28. The summed E-state index contributed by atoms with van der Waals surface area (Å²) >= 11 is 2.05. The van der Waals surface area contributed by atoms with E-state index < -0.39 is 0 Å². The molecule has 2 aliphatic rings. The number of nitrogens with one attached hydrogen (secondary N) is 2. The van der Waals surface area contributed by atoms with Crippen molar-refractivity contribution in [2.75, 3.05) is 44.2 Å². The first-order valence-electron chi connectivity index (χ1n) is 9.00. The molecule has 0 saturated carbocycles. The molecule has 0 aliphatic carbocycles. The molecule has 9 heteroatoms. The van der Waals surface area contributed by atoms with Crippen molar-refractivity contribution in [2.24, 2.45) is 4.99 Å². The van der Waals surface area contributed by atoms with Crippen LogP contribution in [0.3, 0.4) is 0 Å². The lowest BCUT2D eigenvalue weighted by Crippen LogP contribution is -2.47. The Morgan fingerprint density at radius 3 is 2.92 bits per heavy atom. The molecule has 2 aliphatic heterocycles. The van der Waals surface area contributed by atoms with Crippen molar-refractivity contribution in [3.8, 4) is 0 Å². The summed E-state index contributed by atoms with van der Waals surface area (Å²) in [5.74, 6) is 5.41. The molecule has 1 fully saturated rings. The number of aromatic nitrogens is 3. The van der Waals surface area contributed by atoms with E-state index >= 15 is 0 Å². The van der Waals surface area contributed by atoms with Gasteiger partial charge in [0, 0.05) is 50.1 Å². The summed E-state index contributed by atoms with van der Waals surface area (Å²) in [7, 11) is 0. The van der Waals surface area contributed by atoms with Crippen LogP contribution in [0.4, 0.5) is 0 Å². The van der Waals surface area contributed by atoms with Gasteiger partial charge >= 0.3 is 0 Å². The quantitative estimate of drug-likeness (QED) is 0.375. The molecule has 142 valence electrons. The zero-order chi connectivity index (χ0) is 16.8. The number of thioether (sulfide) groups is 1. The van der Waals surface area contributed by atoms with Crippen LogP contribution >= 0.6 is 35.7 Å². The van der Waals surface area contributed by atoms with Crippen LogP contribution in [-0.4, -0.2) is 75.9 Å². The Morgan fingerprint density at radius 2 is 2.16 bits per heavy atom. The number of rotatable bonds is 5. The predicted octanol–water partition coefficient (Wildman–Crippen LogP) is 1.12. The predicted molar refractivity (Wildman–Crippen MR) is 115 cm³/mol. The van der Waals surface area contributed by atoms with Gasteiger partial charge in [0.05, 0.1) is 13.1 Å². The Bertz CT molecular complexity index is 557. The molecule has 0 spiro atoms. The summed E-state index contributed by atoms with van der Waals surface area (Å²) in [4.78, 5) is 11.7. The fraction of sp³-hybridized carbons (Fsp3) is 0.812. The summed E-state index contributed by atoms with van der Waals surface area (Å²) in [6.07, 6.45) is 2.05. The van der Waals surface area contributed by atoms with E-state index in [0.717, 1.165) is 56.6 Å². The molecule has 1 aromatic rings. The molecule has 1 saturated heterocycles. The number of nitrogens with zero attached hydrogens (tertiary/aromatic N) is 5. The summed E-state index contributed by atoms with van der Waals surface area (Å²) in [6, 6.07) is 0.364. The summed E-state index contributed by atoms with van der Waals surface area (Å²) in [5.41, 5.74) is 0. The molecule has 1 unspecified atom stereocenters. The third-order valence-corrected chi connectivity index (χ3v) is 5.38. The molecule has 7 nitrogen and oxygen atoms in total. The Labute approximate surface area is 171 Å². The van der Waals surface area contributed by atoms with Crippen molar-refractivity contribution < 1.29 is 0 Å². The van der Waals surface area contributed by atoms with Crippen LogP contribution in [-0.2, 0) is 13.0 Å². The first-order chi connectivity index (χ1) is 11.7. The Morgan fingerprint density at radius 1 is 1.36 bits per heavy atom. The first-order valence-corrected chi connectivity index (χ1v) is 10.2. The van der Waals surface area contributed by atoms with Gasteiger partial charge < -0.3 is 10.6 Å². The highest BCUT2D eigenvalue weighted by Gasteiger charge is 2.21. The van der Waals surface area contributed by atoms with E-state index in [2.05, 4.69) is 44.3 Å². The smallest absolute Gasteiger partial charge is 0.191 e. The molecule has 0 bridgehead atoms. The van der Waals surface area contributed by atoms with Gasteiger partial charge in [-0.05, 0) is 20.3 Å². The van der Waals surface area contributed by atoms with Crippen LogP contribution in [0.1, 0.15) is 25.0 Å². The Hall–Kier alpha value is -0.550. The molecule has 3 rings (SSSR count). The van der Waals surface area contributed by atoms with E-state index in [9.17, 15) is 0 Å². The van der Waals surface area contributed by atoms with Crippen molar-refractivity contribution in [2.45, 2.75) is 39.3 Å². The van der Waals surface area contributed by atoms with Crippen molar-refractivity contribution in [3.63, 3.8) is 0 Å². The molecule has 2 N–H and O–H groups in total. The molecular weight excluding hydrogens is 449 g/mol. The van der Waals surface area contributed by atoms with Gasteiger partial charge in [-0.25, -0.2) is 9.67 Å². The van der Waals surface area contributed by atoms with E-state index in [4.69, 9.17) is 4.99 Å². The van der Waals surface area contributed by atoms with Crippen LogP contribution in [0, 0.1) is 6.92 Å².